The summed E-state index contributed by atoms with van der Waals surface area (Å²) in [6, 6.07) is 9.80. The zero-order chi connectivity index (χ0) is 30.4. The van der Waals surface area contributed by atoms with Gasteiger partial charge in [-0.1, -0.05) is 39.5 Å². The van der Waals surface area contributed by atoms with Crippen molar-refractivity contribution < 1.29 is 9.47 Å². The van der Waals surface area contributed by atoms with E-state index in [1.54, 1.807) is 16.9 Å². The monoisotopic (exact) mass is 844 g/mol. The van der Waals surface area contributed by atoms with Crippen molar-refractivity contribution in [1.29, 1.82) is 0 Å². The van der Waals surface area contributed by atoms with Crippen LogP contribution in [0.4, 0.5) is 0 Å². The summed E-state index contributed by atoms with van der Waals surface area (Å²) in [6.07, 6.45) is 12.2. The Hall–Kier alpha value is 0.617. The fraction of sp³-hybridized carbons (Fsp3) is 0.657. The Kier molecular flexibility index (Phi) is 13.5. The van der Waals surface area contributed by atoms with Crippen molar-refractivity contribution in [3.05, 3.63) is 35.4 Å². The SMILES string of the molecule is CCCCCCOCC1(COCCCCCC)Cc2c(-c3cc[c]([Sn]([CH3])([CH3])[CH3])s3)sc(-c3cc[c]([Sn]([CH3])([CH3])[CH3])s3)c2C1. The van der Waals surface area contributed by atoms with Crippen LogP contribution in [0.15, 0.2) is 24.3 Å². The van der Waals surface area contributed by atoms with Crippen LogP contribution in [0.2, 0.25) is 29.6 Å². The van der Waals surface area contributed by atoms with E-state index in [1.165, 1.54) is 70.9 Å². The van der Waals surface area contributed by atoms with Gasteiger partial charge in [0, 0.05) is 0 Å². The molecule has 0 atom stereocenters. The molecular formula is C35H56O2S3Sn2. The summed E-state index contributed by atoms with van der Waals surface area (Å²) in [5.41, 5.74) is 3.25. The van der Waals surface area contributed by atoms with Gasteiger partial charge in [-0.3, -0.25) is 0 Å². The molecule has 3 aromatic heterocycles. The van der Waals surface area contributed by atoms with Crippen LogP contribution >= 0.6 is 34.0 Å². The Labute approximate surface area is 277 Å². The van der Waals surface area contributed by atoms with Crippen molar-refractivity contribution in [1.82, 2.24) is 0 Å². The summed E-state index contributed by atoms with van der Waals surface area (Å²) in [5.74, 6) is 0. The minimum atomic E-state index is -2.12. The van der Waals surface area contributed by atoms with Gasteiger partial charge in [0.1, 0.15) is 0 Å². The molecule has 234 valence electrons. The summed E-state index contributed by atoms with van der Waals surface area (Å²) in [4.78, 5) is 21.3. The van der Waals surface area contributed by atoms with Crippen LogP contribution in [-0.2, 0) is 22.3 Å². The molecule has 7 heteroatoms. The van der Waals surface area contributed by atoms with E-state index in [4.69, 9.17) is 9.47 Å². The number of ether oxygens (including phenoxy) is 2. The molecule has 3 heterocycles. The van der Waals surface area contributed by atoms with Gasteiger partial charge in [0.25, 0.3) is 0 Å². The van der Waals surface area contributed by atoms with E-state index in [9.17, 15) is 0 Å². The average Bonchev–Trinajstić information content (AvgIpc) is 3.71. The van der Waals surface area contributed by atoms with Crippen LogP contribution in [0.5, 0.6) is 0 Å². The van der Waals surface area contributed by atoms with E-state index in [2.05, 4.69) is 102 Å². The predicted octanol–water partition coefficient (Wildman–Crippen LogP) is 10.6. The molecule has 0 radical (unpaired) electrons. The second-order valence-electron chi connectivity index (χ2n) is 14.6. The average molecular weight is 842 g/mol. The van der Waals surface area contributed by atoms with Crippen LogP contribution in [-0.4, -0.2) is 63.2 Å². The van der Waals surface area contributed by atoms with Crippen LogP contribution in [0.25, 0.3) is 19.5 Å². The van der Waals surface area contributed by atoms with Crippen molar-refractivity contribution in [3.63, 3.8) is 0 Å². The van der Waals surface area contributed by atoms with E-state index in [0.29, 0.717) is 0 Å². The molecule has 0 N–H and O–H groups in total. The Morgan fingerprint density at radius 3 is 1.38 bits per heavy atom. The maximum atomic E-state index is 6.50. The Bertz CT molecular complexity index is 1160. The van der Waals surface area contributed by atoms with Gasteiger partial charge >= 0.3 is 241 Å². The fourth-order valence-corrected chi connectivity index (χ4v) is 20.1. The third kappa shape index (κ3) is 9.34. The molecule has 0 spiro atoms. The van der Waals surface area contributed by atoms with E-state index >= 15 is 0 Å². The molecule has 0 amide bonds. The zero-order valence-electron chi connectivity index (χ0n) is 27.8. The first kappa shape index (κ1) is 35.5. The van der Waals surface area contributed by atoms with Gasteiger partial charge in [0.05, 0.1) is 0 Å². The molecule has 0 aromatic carbocycles. The number of fused-ring (bicyclic) bond motifs is 1. The number of hydrogen-bond donors (Lipinski definition) is 0. The van der Waals surface area contributed by atoms with Gasteiger partial charge in [-0.2, -0.15) is 0 Å². The molecular weight excluding hydrogens is 786 g/mol. The first-order valence-electron chi connectivity index (χ1n) is 16.5. The van der Waals surface area contributed by atoms with Gasteiger partial charge in [-0.15, -0.1) is 0 Å². The summed E-state index contributed by atoms with van der Waals surface area (Å²) in [7, 11) is 0. The summed E-state index contributed by atoms with van der Waals surface area (Å²) >= 11 is 2.01. The number of hydrogen-bond acceptors (Lipinski definition) is 5. The van der Waals surface area contributed by atoms with Crippen LogP contribution in [0.1, 0.15) is 76.3 Å². The summed E-state index contributed by atoms with van der Waals surface area (Å²) < 4.78 is 16.4. The van der Waals surface area contributed by atoms with Gasteiger partial charge in [0.2, 0.25) is 0 Å². The molecule has 0 saturated carbocycles. The number of rotatable bonds is 18. The number of thiophene rings is 3. The Balaban J connectivity index is 1.65. The van der Waals surface area contributed by atoms with Crippen molar-refractivity contribution in [2.24, 2.45) is 5.41 Å². The normalized spacial score (nSPS) is 15.0. The van der Waals surface area contributed by atoms with Gasteiger partial charge in [0.15, 0.2) is 0 Å². The molecule has 0 bridgehead atoms. The fourth-order valence-electron chi connectivity index (χ4n) is 5.89. The third-order valence-electron chi connectivity index (χ3n) is 8.46. The molecule has 0 saturated heterocycles. The first-order valence-corrected chi connectivity index (χ1v) is 38.9. The van der Waals surface area contributed by atoms with Crippen molar-refractivity contribution in [2.75, 3.05) is 26.4 Å². The molecule has 3 aromatic rings. The van der Waals surface area contributed by atoms with E-state index < -0.39 is 36.8 Å². The predicted molar refractivity (Wildman–Crippen MR) is 197 cm³/mol. The second-order valence-corrected chi connectivity index (χ2v) is 48.6. The number of unbranched alkanes of at least 4 members (excludes halogenated alkanes) is 6. The van der Waals surface area contributed by atoms with Crippen molar-refractivity contribution in [2.45, 2.75) is 108 Å². The van der Waals surface area contributed by atoms with Crippen molar-refractivity contribution in [3.8, 4) is 19.5 Å². The quantitative estimate of drug-likeness (QED) is 0.0938. The molecule has 4 rings (SSSR count). The Morgan fingerprint density at radius 2 is 1.02 bits per heavy atom. The van der Waals surface area contributed by atoms with E-state index in [-0.39, 0.29) is 5.41 Å². The third-order valence-corrected chi connectivity index (χ3v) is 31.2. The Morgan fingerprint density at radius 1 is 0.595 bits per heavy atom. The van der Waals surface area contributed by atoms with E-state index in [1.807, 2.05) is 0 Å². The molecule has 0 unspecified atom stereocenters. The van der Waals surface area contributed by atoms with Gasteiger partial charge < -0.3 is 0 Å². The minimum absolute atomic E-state index is 0.0460. The van der Waals surface area contributed by atoms with E-state index in [0.717, 1.165) is 39.3 Å². The molecule has 0 fully saturated rings. The van der Waals surface area contributed by atoms with Crippen molar-refractivity contribution >= 4 is 76.6 Å². The topological polar surface area (TPSA) is 18.5 Å². The molecule has 0 aliphatic heterocycles. The standard InChI is InChI=1S/C29H38O2S3.6CH3.2Sn/c1-3-5-7-9-15-30-21-29(22-31-16-10-8-6-4-2)19-23-24(20-29)28(26-14-12-18-33-26)34-27(23)25-13-11-17-32-25;;;;;;;;/h11-14H,3-10,15-16,19-22H2,1-2H3;6*1H3;;. The maximum absolute atomic E-state index is 6.50. The first-order chi connectivity index (χ1) is 20.0. The van der Waals surface area contributed by atoms with Gasteiger partial charge in [-0.25, -0.2) is 0 Å². The summed E-state index contributed by atoms with van der Waals surface area (Å²) in [6.45, 7) is 7.95. The molecule has 1 aliphatic rings. The second kappa shape index (κ2) is 15.9. The molecule has 1 aliphatic carbocycles. The molecule has 42 heavy (non-hydrogen) atoms. The zero-order valence-corrected chi connectivity index (χ0v) is 35.9. The van der Waals surface area contributed by atoms with Gasteiger partial charge in [-0.05, 0) is 0 Å². The molecule has 2 nitrogen and oxygen atoms in total. The van der Waals surface area contributed by atoms with Crippen LogP contribution in [0, 0.1) is 5.41 Å². The van der Waals surface area contributed by atoms with Crippen LogP contribution in [0.3, 0.4) is 0 Å². The van der Waals surface area contributed by atoms with Crippen LogP contribution < -0.4 is 5.79 Å². The summed E-state index contributed by atoms with van der Waals surface area (Å²) in [5, 5.41) is 0.